The molecule has 0 saturated carbocycles. The zero-order valence-corrected chi connectivity index (χ0v) is 16.1. The Labute approximate surface area is 164 Å². The molecule has 0 radical (unpaired) electrons. The van der Waals surface area contributed by atoms with Gasteiger partial charge in [0.1, 0.15) is 11.5 Å². The summed E-state index contributed by atoms with van der Waals surface area (Å²) in [4.78, 5) is 12.3. The highest BCUT2D eigenvalue weighted by molar-refractivity contribution is 5.96. The van der Waals surface area contributed by atoms with Gasteiger partial charge in [-0.2, -0.15) is 0 Å². The van der Waals surface area contributed by atoms with Gasteiger partial charge in [0.15, 0.2) is 11.5 Å². The van der Waals surface area contributed by atoms with E-state index in [0.717, 1.165) is 23.6 Å². The number of para-hydroxylation sites is 1. The first kappa shape index (κ1) is 19.5. The Morgan fingerprint density at radius 3 is 2.11 bits per heavy atom. The maximum absolute atomic E-state index is 12.3. The first-order chi connectivity index (χ1) is 13.7. The molecule has 0 unspecified atom stereocenters. The average Bonchev–Trinajstić information content (AvgIpc) is 2.72. The average molecular weight is 380 g/mol. The van der Waals surface area contributed by atoms with Crippen molar-refractivity contribution in [2.24, 2.45) is 0 Å². The Kier molecular flexibility index (Phi) is 6.73. The van der Waals surface area contributed by atoms with Crippen LogP contribution in [0, 0.1) is 0 Å². The van der Waals surface area contributed by atoms with Crippen LogP contribution in [0.4, 0.5) is 4.79 Å². The number of hydrogen-bond acceptors (Lipinski definition) is 5. The van der Waals surface area contributed by atoms with E-state index in [0.29, 0.717) is 36.2 Å². The second-order valence-electron chi connectivity index (χ2n) is 6.21. The van der Waals surface area contributed by atoms with Gasteiger partial charge >= 0.3 is 6.16 Å². The van der Waals surface area contributed by atoms with Crippen molar-refractivity contribution in [1.29, 1.82) is 0 Å². The fraction of sp³-hybridized carbons (Fsp3) is 0.261. The summed E-state index contributed by atoms with van der Waals surface area (Å²) >= 11 is 0. The molecular weight excluding hydrogens is 356 g/mol. The van der Waals surface area contributed by atoms with Crippen molar-refractivity contribution in [3.8, 4) is 23.0 Å². The van der Waals surface area contributed by atoms with Crippen LogP contribution in [-0.2, 0) is 0 Å². The lowest BCUT2D eigenvalue weighted by atomic mass is 10.1. The first-order valence-corrected chi connectivity index (χ1v) is 9.49. The fourth-order valence-electron chi connectivity index (χ4n) is 2.74. The number of hydrogen-bond donors (Lipinski definition) is 0. The van der Waals surface area contributed by atoms with E-state index in [1.54, 1.807) is 30.3 Å². The Morgan fingerprint density at radius 2 is 1.39 bits per heavy atom. The van der Waals surface area contributed by atoms with Crippen molar-refractivity contribution in [2.75, 3.05) is 13.2 Å². The smallest absolute Gasteiger partial charge is 0.490 e. The monoisotopic (exact) mass is 380 g/mol. The van der Waals surface area contributed by atoms with Crippen LogP contribution < -0.4 is 18.9 Å². The van der Waals surface area contributed by atoms with E-state index in [1.807, 2.05) is 44.2 Å². The topological polar surface area (TPSA) is 54.0 Å². The van der Waals surface area contributed by atoms with Crippen molar-refractivity contribution in [3.05, 3.63) is 60.7 Å². The fourth-order valence-corrected chi connectivity index (χ4v) is 2.74. The molecule has 0 aliphatic carbocycles. The van der Waals surface area contributed by atoms with Crippen LogP contribution in [0.3, 0.4) is 0 Å². The summed E-state index contributed by atoms with van der Waals surface area (Å²) in [6.07, 6.45) is 0.926. The third-order valence-corrected chi connectivity index (χ3v) is 3.97. The molecule has 0 aromatic heterocycles. The predicted octanol–water partition coefficient (Wildman–Crippen LogP) is 6.00. The molecule has 5 nitrogen and oxygen atoms in total. The number of ether oxygens (including phenoxy) is 4. The van der Waals surface area contributed by atoms with Gasteiger partial charge in [-0.15, -0.1) is 0 Å². The van der Waals surface area contributed by atoms with Crippen molar-refractivity contribution in [1.82, 2.24) is 0 Å². The second kappa shape index (κ2) is 9.65. The summed E-state index contributed by atoms with van der Waals surface area (Å²) in [6, 6.07) is 18.1. The van der Waals surface area contributed by atoms with Gasteiger partial charge in [-0.3, -0.25) is 0 Å². The van der Waals surface area contributed by atoms with Gasteiger partial charge in [0.05, 0.1) is 13.2 Å². The van der Waals surface area contributed by atoms with Gasteiger partial charge in [-0.05, 0) is 25.0 Å². The highest BCUT2D eigenvalue weighted by Crippen LogP contribution is 2.42. The third kappa shape index (κ3) is 4.74. The van der Waals surface area contributed by atoms with Crippen LogP contribution in [-0.4, -0.2) is 19.4 Å². The summed E-state index contributed by atoms with van der Waals surface area (Å²) in [5, 5.41) is 1.58. The lowest BCUT2D eigenvalue weighted by molar-refractivity contribution is 0.152. The van der Waals surface area contributed by atoms with Crippen LogP contribution in [0.15, 0.2) is 60.7 Å². The van der Waals surface area contributed by atoms with Crippen molar-refractivity contribution >= 4 is 16.9 Å². The molecule has 3 aromatic carbocycles. The quantitative estimate of drug-likeness (QED) is 0.355. The summed E-state index contributed by atoms with van der Waals surface area (Å²) in [5.41, 5.74) is 0. The van der Waals surface area contributed by atoms with E-state index >= 15 is 0 Å². The largest absolute Gasteiger partial charge is 0.519 e. The minimum Gasteiger partial charge on any atom is -0.490 e. The highest BCUT2D eigenvalue weighted by Gasteiger charge is 2.18. The molecule has 0 saturated heterocycles. The molecule has 3 rings (SSSR count). The molecule has 146 valence electrons. The standard InChI is InChI=1S/C23H24O5/c1-3-14-25-21-16-20(28-23(24)27-17-10-6-5-7-11-17)18-12-8-9-13-19(18)22(21)26-15-4-2/h5-13,16H,3-4,14-15H2,1-2H3. The molecule has 0 aliphatic rings. The minimum absolute atomic E-state index is 0.367. The van der Waals surface area contributed by atoms with Crippen LogP contribution in [0.25, 0.3) is 10.8 Å². The Morgan fingerprint density at radius 1 is 0.750 bits per heavy atom. The Bertz CT molecular complexity index is 921. The van der Waals surface area contributed by atoms with Crippen molar-refractivity contribution in [3.63, 3.8) is 0 Å². The molecule has 0 atom stereocenters. The zero-order valence-electron chi connectivity index (χ0n) is 16.1. The molecule has 0 N–H and O–H groups in total. The summed E-state index contributed by atoms with van der Waals surface area (Å²) in [6.45, 7) is 5.19. The molecule has 5 heteroatoms. The normalized spacial score (nSPS) is 10.5. The Hall–Kier alpha value is -3.21. The van der Waals surface area contributed by atoms with Gasteiger partial charge in [0.2, 0.25) is 0 Å². The van der Waals surface area contributed by atoms with Crippen molar-refractivity contribution < 1.29 is 23.7 Å². The summed E-state index contributed by atoms with van der Waals surface area (Å²) < 4.78 is 22.6. The highest BCUT2D eigenvalue weighted by atomic mass is 16.7. The molecule has 0 amide bonds. The molecule has 0 bridgehead atoms. The maximum Gasteiger partial charge on any atom is 0.519 e. The number of rotatable bonds is 8. The lowest BCUT2D eigenvalue weighted by Crippen LogP contribution is -2.14. The molecular formula is C23H24O5. The van der Waals surface area contributed by atoms with E-state index in [9.17, 15) is 4.79 Å². The molecule has 0 heterocycles. The zero-order chi connectivity index (χ0) is 19.8. The van der Waals surface area contributed by atoms with E-state index in [4.69, 9.17) is 18.9 Å². The molecule has 28 heavy (non-hydrogen) atoms. The van der Waals surface area contributed by atoms with Gasteiger partial charge in [-0.25, -0.2) is 4.79 Å². The molecule has 0 fully saturated rings. The molecule has 3 aromatic rings. The van der Waals surface area contributed by atoms with Gasteiger partial charge < -0.3 is 18.9 Å². The number of carbonyl (C=O) groups excluding carboxylic acids is 1. The summed E-state index contributed by atoms with van der Waals surface area (Å²) in [5.74, 6) is 2.00. The summed E-state index contributed by atoms with van der Waals surface area (Å²) in [7, 11) is 0. The van der Waals surface area contributed by atoms with Crippen LogP contribution >= 0.6 is 0 Å². The predicted molar refractivity (Wildman–Crippen MR) is 109 cm³/mol. The number of fused-ring (bicyclic) bond motifs is 1. The lowest BCUT2D eigenvalue weighted by Gasteiger charge is -2.17. The minimum atomic E-state index is -0.806. The van der Waals surface area contributed by atoms with Crippen LogP contribution in [0.2, 0.25) is 0 Å². The SMILES string of the molecule is CCCOc1cc(OC(=O)Oc2ccccc2)c2ccccc2c1OCCC. The number of carbonyl (C=O) groups is 1. The van der Waals surface area contributed by atoms with Gasteiger partial charge in [0, 0.05) is 16.8 Å². The maximum atomic E-state index is 12.3. The second-order valence-corrected chi connectivity index (χ2v) is 6.21. The number of benzene rings is 3. The molecule has 0 aliphatic heterocycles. The van der Waals surface area contributed by atoms with E-state index < -0.39 is 6.16 Å². The first-order valence-electron chi connectivity index (χ1n) is 9.49. The van der Waals surface area contributed by atoms with E-state index in [2.05, 4.69) is 0 Å². The molecule has 0 spiro atoms. The van der Waals surface area contributed by atoms with E-state index in [1.165, 1.54) is 0 Å². The van der Waals surface area contributed by atoms with Gasteiger partial charge in [0.25, 0.3) is 0 Å². The van der Waals surface area contributed by atoms with E-state index in [-0.39, 0.29) is 0 Å². The van der Waals surface area contributed by atoms with Gasteiger partial charge in [-0.1, -0.05) is 56.3 Å². The Balaban J connectivity index is 1.95. The van der Waals surface area contributed by atoms with Crippen LogP contribution in [0.1, 0.15) is 26.7 Å². The van der Waals surface area contributed by atoms with Crippen LogP contribution in [0.5, 0.6) is 23.0 Å². The van der Waals surface area contributed by atoms with Crippen molar-refractivity contribution in [2.45, 2.75) is 26.7 Å². The third-order valence-electron chi connectivity index (χ3n) is 3.97.